The van der Waals surface area contributed by atoms with Crippen LogP contribution in [0.3, 0.4) is 0 Å². The SMILES string of the molecule is O=S(=O)(Nc1ncns1)c1cc2c(cc1F)[C@@H](N1CCC(C(F)(F)F)CC1c1ccc(F)cc1)CCO2. The molecule has 198 valence electrons. The van der Waals surface area contributed by atoms with Gasteiger partial charge in [0.25, 0.3) is 10.0 Å². The molecule has 0 radical (unpaired) electrons. The molecule has 2 aliphatic heterocycles. The topological polar surface area (TPSA) is 84.4 Å². The molecule has 3 atom stereocenters. The van der Waals surface area contributed by atoms with Gasteiger partial charge in [-0.15, -0.1) is 0 Å². The van der Waals surface area contributed by atoms with Crippen molar-refractivity contribution in [1.82, 2.24) is 14.3 Å². The fourth-order valence-corrected chi connectivity index (χ4v) is 6.71. The van der Waals surface area contributed by atoms with Crippen LogP contribution < -0.4 is 9.46 Å². The monoisotopic (exact) mass is 560 g/mol. The zero-order chi connectivity index (χ0) is 26.4. The van der Waals surface area contributed by atoms with Crippen molar-refractivity contribution in [3.8, 4) is 5.75 Å². The maximum atomic E-state index is 15.2. The number of aromatic nitrogens is 2. The highest BCUT2D eigenvalue weighted by atomic mass is 32.2. The molecule has 1 N–H and O–H groups in total. The Kier molecular flexibility index (Phi) is 6.83. The summed E-state index contributed by atoms with van der Waals surface area (Å²) in [5.74, 6) is -2.94. The van der Waals surface area contributed by atoms with Crippen LogP contribution in [0.25, 0.3) is 0 Å². The molecule has 14 heteroatoms. The highest BCUT2D eigenvalue weighted by Gasteiger charge is 2.46. The van der Waals surface area contributed by atoms with E-state index in [1.165, 1.54) is 24.3 Å². The molecule has 0 aliphatic carbocycles. The Bertz CT molecular complexity index is 1370. The van der Waals surface area contributed by atoms with Gasteiger partial charge >= 0.3 is 6.18 Å². The molecule has 0 saturated carbocycles. The number of anilines is 1. The summed E-state index contributed by atoms with van der Waals surface area (Å²) < 4.78 is 107. The summed E-state index contributed by atoms with van der Waals surface area (Å²) in [5, 5.41) is -0.0365. The van der Waals surface area contributed by atoms with E-state index in [-0.39, 0.29) is 36.9 Å². The van der Waals surface area contributed by atoms with Gasteiger partial charge in [-0.25, -0.2) is 22.2 Å². The Labute approximate surface area is 213 Å². The van der Waals surface area contributed by atoms with E-state index < -0.39 is 50.7 Å². The minimum atomic E-state index is -4.38. The summed E-state index contributed by atoms with van der Waals surface area (Å²) in [7, 11) is -4.34. The molecule has 1 fully saturated rings. The number of likely N-dealkylation sites (tertiary alicyclic amines) is 1. The number of nitrogens with zero attached hydrogens (tertiary/aromatic N) is 3. The Morgan fingerprint density at radius 2 is 1.84 bits per heavy atom. The molecule has 2 unspecified atom stereocenters. The maximum Gasteiger partial charge on any atom is 0.391 e. The van der Waals surface area contributed by atoms with Crippen LogP contribution in [-0.2, 0) is 10.0 Å². The molecular formula is C23H21F5N4O3S2. The summed E-state index contributed by atoms with van der Waals surface area (Å²) in [4.78, 5) is 4.94. The Morgan fingerprint density at radius 3 is 2.51 bits per heavy atom. The summed E-state index contributed by atoms with van der Waals surface area (Å²) in [6.45, 7) is 0.221. The second kappa shape index (κ2) is 9.80. The first-order valence-corrected chi connectivity index (χ1v) is 13.6. The molecule has 37 heavy (non-hydrogen) atoms. The molecule has 2 aliphatic rings. The third-order valence-electron chi connectivity index (χ3n) is 6.71. The largest absolute Gasteiger partial charge is 0.493 e. The number of sulfonamides is 1. The second-order valence-corrected chi connectivity index (χ2v) is 11.3. The van der Waals surface area contributed by atoms with Crippen LogP contribution in [0.15, 0.2) is 47.6 Å². The standard InChI is InChI=1S/C23H21F5N4O3S2/c24-15-3-1-13(2-4-15)19-9-14(23(26,27)28)5-7-32(19)18-6-8-35-20-11-21(17(25)10-16(18)20)37(33,34)31-22-29-12-30-36-22/h1-4,10-12,14,18-19H,5-9H2,(H,29,30,31)/t14?,18-,19?/m0/s1. The van der Waals surface area contributed by atoms with Gasteiger partial charge in [-0.3, -0.25) is 9.62 Å². The van der Waals surface area contributed by atoms with Crippen molar-refractivity contribution in [2.75, 3.05) is 17.9 Å². The van der Waals surface area contributed by atoms with E-state index in [0.29, 0.717) is 17.5 Å². The number of nitrogens with one attached hydrogen (secondary N) is 1. The first-order valence-electron chi connectivity index (χ1n) is 11.4. The molecule has 0 amide bonds. The van der Waals surface area contributed by atoms with Gasteiger partial charge in [0.15, 0.2) is 0 Å². The van der Waals surface area contributed by atoms with Crippen LogP contribution in [0, 0.1) is 17.6 Å². The number of ether oxygens (including phenoxy) is 1. The molecular weight excluding hydrogens is 539 g/mol. The van der Waals surface area contributed by atoms with Crippen LogP contribution in [0.2, 0.25) is 0 Å². The van der Waals surface area contributed by atoms with Crippen molar-refractivity contribution in [2.24, 2.45) is 5.92 Å². The quantitative estimate of drug-likeness (QED) is 0.418. The zero-order valence-electron chi connectivity index (χ0n) is 19.1. The molecule has 7 nitrogen and oxygen atoms in total. The minimum Gasteiger partial charge on any atom is -0.493 e. The lowest BCUT2D eigenvalue weighted by Gasteiger charge is -2.46. The number of alkyl halides is 3. The van der Waals surface area contributed by atoms with Crippen LogP contribution in [-0.4, -0.2) is 42.0 Å². The van der Waals surface area contributed by atoms with Gasteiger partial charge in [-0.05, 0) is 43.1 Å². The Hall–Kier alpha value is -2.84. The third-order valence-corrected chi connectivity index (χ3v) is 8.77. The van der Waals surface area contributed by atoms with Crippen molar-refractivity contribution >= 4 is 26.7 Å². The van der Waals surface area contributed by atoms with Crippen molar-refractivity contribution in [3.05, 3.63) is 65.5 Å². The lowest BCUT2D eigenvalue weighted by Crippen LogP contribution is -2.44. The van der Waals surface area contributed by atoms with E-state index in [0.717, 1.165) is 30.0 Å². The van der Waals surface area contributed by atoms with E-state index in [4.69, 9.17) is 4.74 Å². The lowest BCUT2D eigenvalue weighted by molar-refractivity contribution is -0.192. The van der Waals surface area contributed by atoms with Gasteiger partial charge in [-0.1, -0.05) is 12.1 Å². The maximum absolute atomic E-state index is 15.2. The Balaban J connectivity index is 1.50. The number of piperidine rings is 1. The van der Waals surface area contributed by atoms with E-state index in [1.54, 1.807) is 0 Å². The van der Waals surface area contributed by atoms with Crippen molar-refractivity contribution in [2.45, 2.75) is 42.4 Å². The first kappa shape index (κ1) is 25.8. The summed E-state index contributed by atoms with van der Waals surface area (Å²) in [6.07, 6.45) is -3.25. The average Bonchev–Trinajstić information content (AvgIpc) is 3.35. The first-order chi connectivity index (χ1) is 17.5. The molecule has 0 bridgehead atoms. The van der Waals surface area contributed by atoms with Gasteiger partial charge in [-0.2, -0.15) is 17.5 Å². The number of hydrogen-bond donors (Lipinski definition) is 1. The summed E-state index contributed by atoms with van der Waals surface area (Å²) >= 11 is 0.784. The summed E-state index contributed by atoms with van der Waals surface area (Å²) in [5.41, 5.74) is 0.862. The zero-order valence-corrected chi connectivity index (χ0v) is 20.7. The van der Waals surface area contributed by atoms with Gasteiger partial charge in [0.05, 0.1) is 12.5 Å². The number of benzene rings is 2. The van der Waals surface area contributed by atoms with Crippen molar-refractivity contribution in [1.29, 1.82) is 0 Å². The molecule has 3 heterocycles. The van der Waals surface area contributed by atoms with E-state index >= 15 is 4.39 Å². The van der Waals surface area contributed by atoms with Crippen molar-refractivity contribution < 1.29 is 35.1 Å². The molecule has 1 saturated heterocycles. The molecule has 2 aromatic carbocycles. The lowest BCUT2D eigenvalue weighted by atomic mass is 9.84. The van der Waals surface area contributed by atoms with Crippen molar-refractivity contribution in [3.63, 3.8) is 0 Å². The third kappa shape index (κ3) is 5.27. The van der Waals surface area contributed by atoms with Crippen LogP contribution >= 0.6 is 11.5 Å². The average molecular weight is 561 g/mol. The fourth-order valence-electron chi connectivity index (χ4n) is 4.98. The van der Waals surface area contributed by atoms with Crippen LogP contribution in [0.1, 0.15) is 42.5 Å². The smallest absolute Gasteiger partial charge is 0.391 e. The van der Waals surface area contributed by atoms with Crippen LogP contribution in [0.5, 0.6) is 5.75 Å². The minimum absolute atomic E-state index is 0.0365. The Morgan fingerprint density at radius 1 is 1.08 bits per heavy atom. The molecule has 5 rings (SSSR count). The molecule has 1 aromatic heterocycles. The van der Waals surface area contributed by atoms with Gasteiger partial charge in [0, 0.05) is 41.7 Å². The van der Waals surface area contributed by atoms with Crippen LogP contribution in [0.4, 0.5) is 27.1 Å². The highest BCUT2D eigenvalue weighted by molar-refractivity contribution is 7.93. The predicted octanol–water partition coefficient (Wildman–Crippen LogP) is 5.46. The number of halogens is 5. The van der Waals surface area contributed by atoms with E-state index in [1.807, 2.05) is 4.90 Å². The number of rotatable bonds is 5. The number of hydrogen-bond acceptors (Lipinski definition) is 7. The fraction of sp³-hybridized carbons (Fsp3) is 0.391. The van der Waals surface area contributed by atoms with Gasteiger partial charge in [0.2, 0.25) is 5.13 Å². The summed E-state index contributed by atoms with van der Waals surface area (Å²) in [6, 6.07) is 6.22. The van der Waals surface area contributed by atoms with E-state index in [9.17, 15) is 26.0 Å². The van der Waals surface area contributed by atoms with E-state index in [2.05, 4.69) is 14.1 Å². The molecule has 3 aromatic rings. The normalized spacial score (nSPS) is 22.8. The van der Waals surface area contributed by atoms with Gasteiger partial charge in [0.1, 0.15) is 28.6 Å². The highest BCUT2D eigenvalue weighted by Crippen LogP contribution is 2.48. The molecule has 0 spiro atoms. The second-order valence-electron chi connectivity index (χ2n) is 8.89. The van der Waals surface area contributed by atoms with Gasteiger partial charge < -0.3 is 4.74 Å². The predicted molar refractivity (Wildman–Crippen MR) is 125 cm³/mol. The number of fused-ring (bicyclic) bond motifs is 1.